The minimum Gasteiger partial charge on any atom is -0.273 e. The molecule has 0 saturated heterocycles. The van der Waals surface area contributed by atoms with Crippen LogP contribution in [0.2, 0.25) is 0 Å². The maximum Gasteiger partial charge on any atom is 0.342 e. The van der Waals surface area contributed by atoms with Crippen molar-refractivity contribution >= 4 is 12.1 Å². The molecule has 2 aromatic rings. The molecule has 0 bridgehead atoms. The summed E-state index contributed by atoms with van der Waals surface area (Å²) in [6.07, 6.45) is 3.37. The van der Waals surface area contributed by atoms with Gasteiger partial charge in [0.05, 0.1) is 0 Å². The SMILES string of the molecule is O=C(CCc1n[nH]c(=O)[nH]c1=O)N/N=C\CCc1ccccc1. The van der Waals surface area contributed by atoms with Gasteiger partial charge in [-0.3, -0.25) is 14.6 Å². The molecule has 1 aromatic heterocycles. The number of aryl methyl sites for hydroxylation is 2. The fourth-order valence-electron chi connectivity index (χ4n) is 1.89. The molecular weight excluding hydrogens is 298 g/mol. The third-order valence-corrected chi connectivity index (χ3v) is 3.06. The highest BCUT2D eigenvalue weighted by atomic mass is 16.2. The van der Waals surface area contributed by atoms with Gasteiger partial charge in [0.2, 0.25) is 5.91 Å². The fourth-order valence-corrected chi connectivity index (χ4v) is 1.89. The third kappa shape index (κ3) is 5.70. The van der Waals surface area contributed by atoms with Crippen LogP contribution in [-0.2, 0) is 17.6 Å². The number of carbonyl (C=O) groups is 1. The molecule has 3 N–H and O–H groups in total. The first-order valence-corrected chi connectivity index (χ1v) is 7.17. The van der Waals surface area contributed by atoms with Crippen LogP contribution in [0.4, 0.5) is 0 Å². The van der Waals surface area contributed by atoms with Gasteiger partial charge in [0.15, 0.2) is 0 Å². The van der Waals surface area contributed by atoms with Crippen molar-refractivity contribution in [2.75, 3.05) is 0 Å². The number of nitrogens with one attached hydrogen (secondary N) is 3. The van der Waals surface area contributed by atoms with E-state index in [0.29, 0.717) is 6.42 Å². The number of aromatic nitrogens is 3. The van der Waals surface area contributed by atoms with Crippen molar-refractivity contribution in [3.05, 3.63) is 62.4 Å². The number of rotatable bonds is 7. The van der Waals surface area contributed by atoms with E-state index in [2.05, 4.69) is 20.7 Å². The molecule has 8 heteroatoms. The molecule has 0 spiro atoms. The maximum absolute atomic E-state index is 11.6. The molecule has 0 aliphatic heterocycles. The van der Waals surface area contributed by atoms with Crippen LogP contribution in [0.25, 0.3) is 0 Å². The highest BCUT2D eigenvalue weighted by molar-refractivity contribution is 5.76. The first-order chi connectivity index (χ1) is 11.1. The smallest absolute Gasteiger partial charge is 0.273 e. The van der Waals surface area contributed by atoms with Crippen LogP contribution in [0, 0.1) is 0 Å². The first-order valence-electron chi connectivity index (χ1n) is 7.17. The molecule has 120 valence electrons. The van der Waals surface area contributed by atoms with E-state index in [4.69, 9.17) is 0 Å². The molecule has 0 radical (unpaired) electrons. The van der Waals surface area contributed by atoms with E-state index in [1.165, 1.54) is 5.56 Å². The topological polar surface area (TPSA) is 120 Å². The largest absolute Gasteiger partial charge is 0.342 e. The summed E-state index contributed by atoms with van der Waals surface area (Å²) in [5.74, 6) is -0.326. The Morgan fingerprint density at radius 3 is 2.74 bits per heavy atom. The molecule has 2 rings (SSSR count). The average molecular weight is 315 g/mol. The zero-order valence-corrected chi connectivity index (χ0v) is 12.4. The van der Waals surface area contributed by atoms with Crippen LogP contribution >= 0.6 is 0 Å². The summed E-state index contributed by atoms with van der Waals surface area (Å²) in [6, 6.07) is 9.96. The second kappa shape index (κ2) is 8.42. The van der Waals surface area contributed by atoms with Gasteiger partial charge in [0, 0.05) is 19.1 Å². The fraction of sp³-hybridized carbons (Fsp3) is 0.267. The number of nitrogens with zero attached hydrogens (tertiary/aromatic N) is 2. The lowest BCUT2D eigenvalue weighted by molar-refractivity contribution is -0.121. The Bertz CT molecular complexity index is 779. The summed E-state index contributed by atoms with van der Waals surface area (Å²) in [7, 11) is 0. The predicted octanol–water partition coefficient (Wildman–Crippen LogP) is 0.126. The monoisotopic (exact) mass is 315 g/mol. The van der Waals surface area contributed by atoms with Crippen molar-refractivity contribution in [3.8, 4) is 0 Å². The Kier molecular flexibility index (Phi) is 5.98. The summed E-state index contributed by atoms with van der Waals surface area (Å²) in [4.78, 5) is 35.8. The molecule has 1 heterocycles. The lowest BCUT2D eigenvalue weighted by Crippen LogP contribution is -2.28. The molecule has 0 aliphatic rings. The van der Waals surface area contributed by atoms with Crippen molar-refractivity contribution in [2.45, 2.75) is 25.7 Å². The summed E-state index contributed by atoms with van der Waals surface area (Å²) < 4.78 is 0. The standard InChI is InChI=1S/C15H17N5O3/c21-13(9-8-12-14(22)17-15(23)20-18-12)19-16-10-4-7-11-5-2-1-3-6-11/h1-3,5-6,10H,4,7-9H2,(H,19,21)(H2,17,20,22,23)/b16-10-. The number of amides is 1. The van der Waals surface area contributed by atoms with E-state index in [9.17, 15) is 14.4 Å². The number of H-pyrrole nitrogens is 2. The van der Waals surface area contributed by atoms with Crippen LogP contribution < -0.4 is 16.7 Å². The zero-order valence-electron chi connectivity index (χ0n) is 12.4. The third-order valence-electron chi connectivity index (χ3n) is 3.06. The number of benzene rings is 1. The van der Waals surface area contributed by atoms with Gasteiger partial charge in [-0.15, -0.1) is 0 Å². The van der Waals surface area contributed by atoms with Crippen molar-refractivity contribution in [1.82, 2.24) is 20.6 Å². The highest BCUT2D eigenvalue weighted by Gasteiger charge is 2.06. The van der Waals surface area contributed by atoms with Gasteiger partial charge in [0.1, 0.15) is 5.69 Å². The number of hydrogen-bond acceptors (Lipinski definition) is 5. The Morgan fingerprint density at radius 1 is 1.22 bits per heavy atom. The molecule has 0 saturated carbocycles. The van der Waals surface area contributed by atoms with Gasteiger partial charge in [-0.2, -0.15) is 10.2 Å². The number of carbonyl (C=O) groups excluding carboxylic acids is 1. The lowest BCUT2D eigenvalue weighted by Gasteiger charge is -1.99. The quantitative estimate of drug-likeness (QED) is 0.496. The van der Waals surface area contributed by atoms with Gasteiger partial charge in [-0.05, 0) is 18.4 Å². The number of hydrogen-bond donors (Lipinski definition) is 3. The van der Waals surface area contributed by atoms with Crippen molar-refractivity contribution in [2.24, 2.45) is 5.10 Å². The van der Waals surface area contributed by atoms with E-state index in [-0.39, 0.29) is 24.4 Å². The van der Waals surface area contributed by atoms with Crippen LogP contribution in [0.3, 0.4) is 0 Å². The van der Waals surface area contributed by atoms with Gasteiger partial charge in [-0.1, -0.05) is 30.3 Å². The van der Waals surface area contributed by atoms with Gasteiger partial charge in [0.25, 0.3) is 5.56 Å². The summed E-state index contributed by atoms with van der Waals surface area (Å²) in [5, 5.41) is 9.56. The van der Waals surface area contributed by atoms with Crippen molar-refractivity contribution in [1.29, 1.82) is 0 Å². The minimum absolute atomic E-state index is 0.0537. The normalized spacial score (nSPS) is 10.8. The first kappa shape index (κ1) is 16.3. The summed E-state index contributed by atoms with van der Waals surface area (Å²) in [5.41, 5.74) is 2.43. The molecule has 1 amide bonds. The molecule has 23 heavy (non-hydrogen) atoms. The average Bonchev–Trinajstić information content (AvgIpc) is 2.54. The van der Waals surface area contributed by atoms with Crippen LogP contribution in [0.15, 0.2) is 45.0 Å². The molecule has 0 unspecified atom stereocenters. The molecule has 0 fully saturated rings. The van der Waals surface area contributed by atoms with Crippen LogP contribution in [0.1, 0.15) is 24.1 Å². The Labute approximate surface area is 131 Å². The van der Waals surface area contributed by atoms with E-state index in [1.807, 2.05) is 35.3 Å². The minimum atomic E-state index is -0.675. The Balaban J connectivity index is 1.69. The van der Waals surface area contributed by atoms with Crippen molar-refractivity contribution < 1.29 is 4.79 Å². The van der Waals surface area contributed by atoms with Gasteiger partial charge < -0.3 is 0 Å². The van der Waals surface area contributed by atoms with E-state index in [1.54, 1.807) is 6.21 Å². The second-order valence-corrected chi connectivity index (χ2v) is 4.82. The predicted molar refractivity (Wildman–Crippen MR) is 85.2 cm³/mol. The molecule has 0 atom stereocenters. The molecule has 0 aliphatic carbocycles. The van der Waals surface area contributed by atoms with E-state index >= 15 is 0 Å². The number of hydrazone groups is 1. The van der Waals surface area contributed by atoms with E-state index < -0.39 is 11.2 Å². The van der Waals surface area contributed by atoms with Gasteiger partial charge >= 0.3 is 5.69 Å². The summed E-state index contributed by atoms with van der Waals surface area (Å²) >= 11 is 0. The molecular formula is C15H17N5O3. The zero-order chi connectivity index (χ0) is 16.5. The van der Waals surface area contributed by atoms with Gasteiger partial charge in [-0.25, -0.2) is 15.3 Å². The molecule has 1 aromatic carbocycles. The van der Waals surface area contributed by atoms with Crippen LogP contribution in [0.5, 0.6) is 0 Å². The van der Waals surface area contributed by atoms with E-state index in [0.717, 1.165) is 6.42 Å². The summed E-state index contributed by atoms with van der Waals surface area (Å²) in [6.45, 7) is 0. The molecule has 8 nitrogen and oxygen atoms in total. The van der Waals surface area contributed by atoms with Crippen molar-refractivity contribution in [3.63, 3.8) is 0 Å². The van der Waals surface area contributed by atoms with Crippen LogP contribution in [-0.4, -0.2) is 27.3 Å². The Hall–Kier alpha value is -3.03. The highest BCUT2D eigenvalue weighted by Crippen LogP contribution is 2.00. The number of aromatic amines is 2. The Morgan fingerprint density at radius 2 is 2.00 bits per heavy atom. The second-order valence-electron chi connectivity index (χ2n) is 4.82. The lowest BCUT2D eigenvalue weighted by atomic mass is 10.1. The maximum atomic E-state index is 11.6.